The zero-order valence-corrected chi connectivity index (χ0v) is 17.7. The molecule has 0 aliphatic heterocycles. The van der Waals surface area contributed by atoms with Gasteiger partial charge in [0.2, 0.25) is 11.8 Å². The fourth-order valence-corrected chi connectivity index (χ4v) is 4.43. The van der Waals surface area contributed by atoms with E-state index < -0.39 is 4.92 Å². The van der Waals surface area contributed by atoms with Gasteiger partial charge in [-0.1, -0.05) is 29.2 Å². The number of aromatic nitrogens is 4. The Hall–Kier alpha value is -3.90. The van der Waals surface area contributed by atoms with Gasteiger partial charge in [-0.05, 0) is 30.3 Å². The van der Waals surface area contributed by atoms with Crippen LogP contribution in [0.2, 0.25) is 0 Å². The lowest BCUT2D eigenvalue weighted by Crippen LogP contribution is -2.13. The topological polar surface area (TPSA) is 137 Å². The monoisotopic (exact) mass is 464 g/mol. The molecule has 0 saturated heterocycles. The predicted molar refractivity (Wildman–Crippen MR) is 121 cm³/mol. The summed E-state index contributed by atoms with van der Waals surface area (Å²) in [6, 6.07) is 13.8. The third kappa shape index (κ3) is 4.13. The van der Waals surface area contributed by atoms with Crippen LogP contribution in [-0.2, 0) is 4.79 Å². The van der Waals surface area contributed by atoms with E-state index in [2.05, 4.69) is 25.5 Å². The molecule has 0 aliphatic carbocycles. The van der Waals surface area contributed by atoms with E-state index >= 15 is 0 Å². The van der Waals surface area contributed by atoms with E-state index in [1.807, 2.05) is 30.3 Å². The van der Waals surface area contributed by atoms with Crippen molar-refractivity contribution in [2.24, 2.45) is 0 Å². The molecule has 12 heteroatoms. The quantitative estimate of drug-likeness (QED) is 0.218. The fraction of sp³-hybridized carbons (Fsp3) is 0.0500. The van der Waals surface area contributed by atoms with Gasteiger partial charge >= 0.3 is 0 Å². The number of non-ortho nitro benzene ring substituents is 1. The summed E-state index contributed by atoms with van der Waals surface area (Å²) in [6.07, 6.45) is 1.73. The first-order chi connectivity index (χ1) is 15.5. The second-order valence-corrected chi connectivity index (χ2v) is 8.51. The Balaban J connectivity index is 1.23. The van der Waals surface area contributed by atoms with Crippen LogP contribution in [0.25, 0.3) is 32.6 Å². The minimum absolute atomic E-state index is 0.0237. The third-order valence-electron chi connectivity index (χ3n) is 4.41. The van der Waals surface area contributed by atoms with E-state index in [9.17, 15) is 14.9 Å². The van der Waals surface area contributed by atoms with Gasteiger partial charge in [-0.3, -0.25) is 19.9 Å². The molecule has 0 atom stereocenters. The molecule has 3 aromatic heterocycles. The summed E-state index contributed by atoms with van der Waals surface area (Å²) >= 11 is 2.27. The van der Waals surface area contributed by atoms with Gasteiger partial charge in [-0.15, -0.1) is 10.2 Å². The SMILES string of the molecule is O=C(CSc1nnc(-c2ccc3ncccc3c2)o1)Nc1nc2ccc([N+](=O)[O-])cc2s1. The molecule has 2 aromatic carbocycles. The Bertz CT molecular complexity index is 1480. The molecule has 32 heavy (non-hydrogen) atoms. The van der Waals surface area contributed by atoms with E-state index in [0.717, 1.165) is 28.2 Å². The van der Waals surface area contributed by atoms with Crippen molar-refractivity contribution < 1.29 is 14.1 Å². The molecule has 5 aromatic rings. The number of thioether (sulfide) groups is 1. The van der Waals surface area contributed by atoms with Gasteiger partial charge in [0.15, 0.2) is 5.13 Å². The zero-order valence-electron chi connectivity index (χ0n) is 16.1. The number of hydrogen-bond acceptors (Lipinski definition) is 10. The number of nitro benzene ring substituents is 1. The Morgan fingerprint density at radius 2 is 2.03 bits per heavy atom. The first-order valence-electron chi connectivity index (χ1n) is 9.21. The number of thiazole rings is 1. The number of nitrogens with one attached hydrogen (secondary N) is 1. The third-order valence-corrected chi connectivity index (χ3v) is 6.16. The molecule has 0 fully saturated rings. The number of carbonyl (C=O) groups is 1. The smallest absolute Gasteiger partial charge is 0.277 e. The molecule has 0 saturated carbocycles. The van der Waals surface area contributed by atoms with Crippen LogP contribution in [0.5, 0.6) is 0 Å². The first kappa shape index (κ1) is 20.0. The number of rotatable bonds is 6. The lowest BCUT2D eigenvalue weighted by atomic mass is 10.1. The highest BCUT2D eigenvalue weighted by Crippen LogP contribution is 2.30. The molecule has 5 rings (SSSR count). The number of hydrogen-bond donors (Lipinski definition) is 1. The van der Waals surface area contributed by atoms with Crippen molar-refractivity contribution in [3.8, 4) is 11.5 Å². The normalized spacial score (nSPS) is 11.1. The van der Waals surface area contributed by atoms with E-state index in [0.29, 0.717) is 21.2 Å². The minimum atomic E-state index is -0.471. The molecular weight excluding hydrogens is 452 g/mol. The van der Waals surface area contributed by atoms with Crippen molar-refractivity contribution in [2.75, 3.05) is 11.1 Å². The number of pyridine rings is 1. The lowest BCUT2D eigenvalue weighted by Gasteiger charge is -1.99. The Labute approximate surface area is 187 Å². The van der Waals surface area contributed by atoms with Gasteiger partial charge in [0.25, 0.3) is 10.9 Å². The van der Waals surface area contributed by atoms with Gasteiger partial charge in [0, 0.05) is 29.3 Å². The van der Waals surface area contributed by atoms with E-state index in [1.165, 1.54) is 23.5 Å². The van der Waals surface area contributed by atoms with Gasteiger partial charge in [-0.2, -0.15) is 0 Å². The largest absolute Gasteiger partial charge is 0.411 e. The predicted octanol–water partition coefficient (Wildman–Crippen LogP) is 4.53. The number of benzene rings is 2. The Morgan fingerprint density at radius 3 is 2.91 bits per heavy atom. The highest BCUT2D eigenvalue weighted by Gasteiger charge is 2.14. The Morgan fingerprint density at radius 1 is 1.16 bits per heavy atom. The molecule has 0 bridgehead atoms. The maximum Gasteiger partial charge on any atom is 0.277 e. The van der Waals surface area contributed by atoms with Crippen molar-refractivity contribution in [1.82, 2.24) is 20.2 Å². The molecule has 0 aliphatic rings. The second-order valence-electron chi connectivity index (χ2n) is 6.55. The van der Waals surface area contributed by atoms with Crippen LogP contribution < -0.4 is 5.32 Å². The number of anilines is 1. The fourth-order valence-electron chi connectivity index (χ4n) is 2.96. The van der Waals surface area contributed by atoms with Gasteiger partial charge in [0.1, 0.15) is 0 Å². The van der Waals surface area contributed by atoms with Crippen LogP contribution in [0.1, 0.15) is 0 Å². The highest BCUT2D eigenvalue weighted by atomic mass is 32.2. The molecule has 0 radical (unpaired) electrons. The van der Waals surface area contributed by atoms with Crippen LogP contribution in [0.4, 0.5) is 10.8 Å². The van der Waals surface area contributed by atoms with E-state index in [4.69, 9.17) is 4.42 Å². The van der Waals surface area contributed by atoms with Crippen LogP contribution >= 0.6 is 23.1 Å². The van der Waals surface area contributed by atoms with Crippen LogP contribution in [0, 0.1) is 10.1 Å². The van der Waals surface area contributed by atoms with Crippen LogP contribution in [-0.4, -0.2) is 36.7 Å². The van der Waals surface area contributed by atoms with Crippen molar-refractivity contribution in [3.05, 3.63) is 64.8 Å². The Kier molecular flexibility index (Phi) is 5.21. The molecule has 0 unspecified atom stereocenters. The summed E-state index contributed by atoms with van der Waals surface area (Å²) in [6.45, 7) is 0. The summed E-state index contributed by atoms with van der Waals surface area (Å²) in [5.74, 6) is 0.0887. The molecule has 1 N–H and O–H groups in total. The number of nitrogens with zero attached hydrogens (tertiary/aromatic N) is 5. The summed E-state index contributed by atoms with van der Waals surface area (Å²) < 4.78 is 6.29. The van der Waals surface area contributed by atoms with Gasteiger partial charge < -0.3 is 9.73 Å². The molecule has 1 amide bonds. The maximum atomic E-state index is 12.3. The molecular formula is C20H12N6O4S2. The second kappa shape index (κ2) is 8.32. The summed E-state index contributed by atoms with van der Waals surface area (Å²) in [4.78, 5) is 31.3. The number of fused-ring (bicyclic) bond motifs is 2. The molecule has 10 nitrogen and oxygen atoms in total. The summed E-state index contributed by atoms with van der Waals surface area (Å²) in [5.41, 5.74) is 2.18. The maximum absolute atomic E-state index is 12.3. The van der Waals surface area contributed by atoms with Gasteiger partial charge in [-0.25, -0.2) is 4.98 Å². The van der Waals surface area contributed by atoms with E-state index in [1.54, 1.807) is 12.3 Å². The average Bonchev–Trinajstić information content (AvgIpc) is 3.43. The summed E-state index contributed by atoms with van der Waals surface area (Å²) in [5, 5.41) is 23.2. The van der Waals surface area contributed by atoms with E-state index in [-0.39, 0.29) is 22.6 Å². The zero-order chi connectivity index (χ0) is 22.1. The summed E-state index contributed by atoms with van der Waals surface area (Å²) in [7, 11) is 0. The van der Waals surface area contributed by atoms with Crippen molar-refractivity contribution in [1.29, 1.82) is 0 Å². The lowest BCUT2D eigenvalue weighted by molar-refractivity contribution is -0.384. The first-order valence-corrected chi connectivity index (χ1v) is 11.0. The number of nitro groups is 1. The molecule has 3 heterocycles. The standard InChI is InChI=1S/C20H12N6O4S2/c27-17(23-19-22-15-6-4-13(26(28)29)9-16(15)32-19)10-31-20-25-24-18(30-20)12-3-5-14-11(8-12)2-1-7-21-14/h1-9H,10H2,(H,22,23,27). The van der Waals surface area contributed by atoms with Crippen LogP contribution in [0.3, 0.4) is 0 Å². The van der Waals surface area contributed by atoms with Crippen molar-refractivity contribution in [2.45, 2.75) is 5.22 Å². The highest BCUT2D eigenvalue weighted by molar-refractivity contribution is 7.99. The van der Waals surface area contributed by atoms with Gasteiger partial charge in [0.05, 0.1) is 26.4 Å². The average molecular weight is 464 g/mol. The number of amides is 1. The minimum Gasteiger partial charge on any atom is -0.411 e. The van der Waals surface area contributed by atoms with Crippen LogP contribution in [0.15, 0.2) is 64.4 Å². The van der Waals surface area contributed by atoms with Crippen molar-refractivity contribution in [3.63, 3.8) is 0 Å². The van der Waals surface area contributed by atoms with Crippen molar-refractivity contribution >= 4 is 60.9 Å². The molecule has 0 spiro atoms. The number of carbonyl (C=O) groups excluding carboxylic acids is 1. The molecule has 158 valence electrons.